The number of methoxy groups -OCH3 is 1. The van der Waals surface area contributed by atoms with Crippen molar-refractivity contribution in [2.75, 3.05) is 32.6 Å². The Morgan fingerprint density at radius 3 is 2.55 bits per heavy atom. The average Bonchev–Trinajstić information content (AvgIpc) is 3.45. The molecule has 1 saturated carbocycles. The number of benzene rings is 1. The lowest BCUT2D eigenvalue weighted by Crippen LogP contribution is -2.43. The molecule has 3 aromatic heterocycles. The SMILES string of the molecule is COc1ccc(OCC2CCCN(S(=O)(=O)CC3CCC(c4[nH]c(C)nc5cnc6nccc6c45)CC3)C2)cc1. The lowest BCUT2D eigenvalue weighted by molar-refractivity contribution is 0.179. The summed E-state index contributed by atoms with van der Waals surface area (Å²) >= 11 is 0. The minimum atomic E-state index is -3.33. The number of hydrogen-bond donors (Lipinski definition) is 1. The number of sulfonamides is 1. The Morgan fingerprint density at radius 1 is 1.00 bits per heavy atom. The first-order valence-electron chi connectivity index (χ1n) is 14.2. The molecule has 0 radical (unpaired) electrons. The highest BCUT2D eigenvalue weighted by Crippen LogP contribution is 2.40. The molecule has 1 aromatic carbocycles. The number of ether oxygens (including phenoxy) is 2. The summed E-state index contributed by atoms with van der Waals surface area (Å²) < 4.78 is 39.8. The highest BCUT2D eigenvalue weighted by Gasteiger charge is 2.33. The van der Waals surface area contributed by atoms with Gasteiger partial charge in [0.2, 0.25) is 10.0 Å². The first-order valence-corrected chi connectivity index (χ1v) is 15.8. The summed E-state index contributed by atoms with van der Waals surface area (Å²) in [5.74, 6) is 3.35. The van der Waals surface area contributed by atoms with Crippen molar-refractivity contribution in [3.05, 3.63) is 54.2 Å². The molecule has 4 heterocycles. The molecule has 2 fully saturated rings. The van der Waals surface area contributed by atoms with Gasteiger partial charge in [-0.2, -0.15) is 0 Å². The largest absolute Gasteiger partial charge is 0.497 e. The summed E-state index contributed by atoms with van der Waals surface area (Å²) in [4.78, 5) is 17.1. The Morgan fingerprint density at radius 2 is 1.77 bits per heavy atom. The smallest absolute Gasteiger partial charge is 0.214 e. The molecular formula is C30H37N5O4S. The predicted molar refractivity (Wildman–Crippen MR) is 155 cm³/mol. The molecule has 1 saturated heterocycles. The normalized spacial score (nSPS) is 22.5. The molecule has 1 aliphatic heterocycles. The van der Waals surface area contributed by atoms with Gasteiger partial charge in [-0.05, 0) is 87.6 Å². The highest BCUT2D eigenvalue weighted by atomic mass is 32.2. The van der Waals surface area contributed by atoms with Gasteiger partial charge in [0.25, 0.3) is 0 Å². The molecule has 1 atom stereocenters. The van der Waals surface area contributed by atoms with E-state index in [0.717, 1.165) is 77.8 Å². The van der Waals surface area contributed by atoms with Crippen molar-refractivity contribution < 1.29 is 17.9 Å². The van der Waals surface area contributed by atoms with Crippen molar-refractivity contribution in [1.29, 1.82) is 0 Å². The van der Waals surface area contributed by atoms with E-state index >= 15 is 0 Å². The van der Waals surface area contributed by atoms with Gasteiger partial charge in [-0.1, -0.05) is 0 Å². The van der Waals surface area contributed by atoms with Gasteiger partial charge in [0.15, 0.2) is 5.65 Å². The summed E-state index contributed by atoms with van der Waals surface area (Å²) in [5.41, 5.74) is 2.80. The number of nitrogens with one attached hydrogen (secondary N) is 1. The molecule has 1 aliphatic carbocycles. The maximum absolute atomic E-state index is 13.5. The highest BCUT2D eigenvalue weighted by molar-refractivity contribution is 7.89. The van der Waals surface area contributed by atoms with Crippen LogP contribution >= 0.6 is 0 Å². The summed E-state index contributed by atoms with van der Waals surface area (Å²) in [6.07, 6.45) is 9.13. The molecule has 40 heavy (non-hydrogen) atoms. The van der Waals surface area contributed by atoms with Crippen LogP contribution in [0.5, 0.6) is 11.5 Å². The number of fused-ring (bicyclic) bond motifs is 3. The molecule has 212 valence electrons. The molecule has 1 unspecified atom stereocenters. The minimum absolute atomic E-state index is 0.175. The number of H-pyrrole nitrogens is 1. The van der Waals surface area contributed by atoms with Crippen LogP contribution in [0, 0.1) is 18.8 Å². The molecule has 2 aliphatic rings. The van der Waals surface area contributed by atoms with E-state index in [-0.39, 0.29) is 17.6 Å². The zero-order chi connectivity index (χ0) is 27.7. The third-order valence-electron chi connectivity index (χ3n) is 8.51. The second-order valence-electron chi connectivity index (χ2n) is 11.3. The van der Waals surface area contributed by atoms with E-state index < -0.39 is 10.0 Å². The maximum atomic E-state index is 13.5. The van der Waals surface area contributed by atoms with Crippen LogP contribution < -0.4 is 9.47 Å². The van der Waals surface area contributed by atoms with E-state index in [4.69, 9.17) is 9.47 Å². The second kappa shape index (κ2) is 11.3. The van der Waals surface area contributed by atoms with Crippen LogP contribution in [0.15, 0.2) is 42.7 Å². The van der Waals surface area contributed by atoms with Crippen molar-refractivity contribution in [2.24, 2.45) is 11.8 Å². The predicted octanol–water partition coefficient (Wildman–Crippen LogP) is 5.22. The fourth-order valence-corrected chi connectivity index (χ4v) is 8.40. The van der Waals surface area contributed by atoms with Gasteiger partial charge in [0.05, 0.1) is 31.2 Å². The van der Waals surface area contributed by atoms with Crippen molar-refractivity contribution >= 4 is 32.0 Å². The Labute approximate surface area is 235 Å². The van der Waals surface area contributed by atoms with E-state index in [1.54, 1.807) is 23.8 Å². The Bertz CT molecular complexity index is 1580. The van der Waals surface area contributed by atoms with Gasteiger partial charge in [-0.25, -0.2) is 27.7 Å². The standard InChI is InChI=1S/C30H37N5O4S/c1-20-33-27-16-32-30-26(13-14-31-30)28(27)29(34-20)23-7-5-21(6-8-23)19-40(36,37)35-15-3-4-22(17-35)18-39-25-11-9-24(38-2)10-12-25/h9-14,16,21-23H,3-8,15,17-19H2,1-2H3,(H,33,34). The Balaban J connectivity index is 1.07. The summed E-state index contributed by atoms with van der Waals surface area (Å²) in [7, 11) is -1.69. The van der Waals surface area contributed by atoms with Gasteiger partial charge in [-0.3, -0.25) is 0 Å². The van der Waals surface area contributed by atoms with Crippen molar-refractivity contribution in [1.82, 2.24) is 24.2 Å². The molecule has 10 heteroatoms. The summed E-state index contributed by atoms with van der Waals surface area (Å²) in [5, 5.41) is 2.12. The van der Waals surface area contributed by atoms with Crippen LogP contribution in [0.25, 0.3) is 21.9 Å². The third-order valence-corrected chi connectivity index (χ3v) is 10.5. The minimum Gasteiger partial charge on any atom is -0.497 e. The quantitative estimate of drug-likeness (QED) is 0.313. The number of pyridine rings is 1. The number of nitrogens with zero attached hydrogens (tertiary/aromatic N) is 4. The molecule has 4 aromatic rings. The number of aromatic amines is 1. The first-order chi connectivity index (χ1) is 19.4. The fraction of sp³-hybridized carbons (Fsp3) is 0.500. The second-order valence-corrected chi connectivity index (χ2v) is 13.3. The molecule has 0 bridgehead atoms. The zero-order valence-electron chi connectivity index (χ0n) is 23.2. The van der Waals surface area contributed by atoms with Crippen LogP contribution in [0.1, 0.15) is 56.0 Å². The van der Waals surface area contributed by atoms with Crippen LogP contribution in [0.3, 0.4) is 0 Å². The lowest BCUT2D eigenvalue weighted by atomic mass is 9.80. The van der Waals surface area contributed by atoms with E-state index in [1.165, 1.54) is 5.69 Å². The summed E-state index contributed by atoms with van der Waals surface area (Å²) in [6, 6.07) is 9.52. The Hall–Kier alpha value is -3.24. The Kier molecular flexibility index (Phi) is 7.63. The fourth-order valence-electron chi connectivity index (χ4n) is 6.41. The number of aromatic nitrogens is 4. The average molecular weight is 564 g/mol. The van der Waals surface area contributed by atoms with Gasteiger partial charge in [-0.15, -0.1) is 0 Å². The van der Waals surface area contributed by atoms with Crippen LogP contribution in [-0.2, 0) is 10.0 Å². The number of piperidine rings is 1. The molecule has 9 nitrogen and oxygen atoms in total. The topological polar surface area (TPSA) is 110 Å². The molecular weight excluding hydrogens is 526 g/mol. The van der Waals surface area contributed by atoms with Gasteiger partial charge in [0.1, 0.15) is 17.3 Å². The van der Waals surface area contributed by atoms with E-state index in [1.807, 2.05) is 37.3 Å². The molecule has 6 rings (SSSR count). The van der Waals surface area contributed by atoms with Crippen molar-refractivity contribution in [2.45, 2.75) is 51.4 Å². The van der Waals surface area contributed by atoms with Crippen LogP contribution in [0.2, 0.25) is 0 Å². The third kappa shape index (κ3) is 5.65. The van der Waals surface area contributed by atoms with Crippen molar-refractivity contribution in [3.63, 3.8) is 0 Å². The van der Waals surface area contributed by atoms with Crippen molar-refractivity contribution in [3.8, 4) is 11.5 Å². The van der Waals surface area contributed by atoms with Gasteiger partial charge >= 0.3 is 0 Å². The van der Waals surface area contributed by atoms with Gasteiger partial charge in [0, 0.05) is 41.7 Å². The van der Waals surface area contributed by atoms with Crippen LogP contribution in [-0.4, -0.2) is 65.2 Å². The van der Waals surface area contributed by atoms with Crippen LogP contribution in [0.4, 0.5) is 0 Å². The molecule has 0 amide bonds. The van der Waals surface area contributed by atoms with E-state index in [2.05, 4.69) is 19.9 Å². The first kappa shape index (κ1) is 27.0. The van der Waals surface area contributed by atoms with E-state index in [9.17, 15) is 8.42 Å². The van der Waals surface area contributed by atoms with E-state index in [0.29, 0.717) is 25.6 Å². The lowest BCUT2D eigenvalue weighted by Gasteiger charge is -2.34. The number of hydrogen-bond acceptors (Lipinski definition) is 7. The molecule has 0 spiro atoms. The summed E-state index contributed by atoms with van der Waals surface area (Å²) in [6.45, 7) is 3.62. The molecule has 1 N–H and O–H groups in total. The number of aryl methyl sites for hydroxylation is 1. The maximum Gasteiger partial charge on any atom is 0.214 e. The monoisotopic (exact) mass is 563 g/mol. The van der Waals surface area contributed by atoms with Gasteiger partial charge < -0.3 is 14.5 Å². The zero-order valence-corrected chi connectivity index (χ0v) is 24.0. The number of rotatable bonds is 8.